The Morgan fingerprint density at radius 2 is 1.68 bits per heavy atom. The molecule has 142 valence electrons. The second-order valence-corrected chi connectivity index (χ2v) is 7.86. The number of carbonyl (C=O) groups excluding carboxylic acids is 1. The van der Waals surface area contributed by atoms with E-state index in [0.717, 1.165) is 19.2 Å². The third kappa shape index (κ3) is 6.63. The van der Waals surface area contributed by atoms with Gasteiger partial charge in [-0.25, -0.2) is 8.42 Å². The van der Waals surface area contributed by atoms with Crippen molar-refractivity contribution in [1.82, 2.24) is 4.72 Å². The summed E-state index contributed by atoms with van der Waals surface area (Å²) in [6.45, 7) is 4.85. The summed E-state index contributed by atoms with van der Waals surface area (Å²) in [4.78, 5) is 11.3. The van der Waals surface area contributed by atoms with Gasteiger partial charge in [0, 0.05) is 0 Å². The Morgan fingerprint density at radius 3 is 2.08 bits per heavy atom. The minimum atomic E-state index is -4.58. The van der Waals surface area contributed by atoms with Crippen molar-refractivity contribution in [2.24, 2.45) is 0 Å². The number of rotatable bonds is 6. The van der Waals surface area contributed by atoms with E-state index >= 15 is 0 Å². The van der Waals surface area contributed by atoms with Gasteiger partial charge in [0.1, 0.15) is 6.04 Å². The summed E-state index contributed by atoms with van der Waals surface area (Å²) in [5.74, 6) is -0.875. The number of carbonyl (C=O) groups is 1. The standard InChI is InChI=1S/C15H20F3NO5S/c1-14(2,3)24-9-12(13(20)23-4)19-25(21,22)11-7-5-10(6-8-11)15(16,17)18/h5-8,12,19H,9H2,1-4H3. The first-order valence-electron chi connectivity index (χ1n) is 7.17. The SMILES string of the molecule is COC(=O)C(COC(C)(C)C)NS(=O)(=O)c1ccc(C(F)(F)F)cc1. The van der Waals surface area contributed by atoms with E-state index in [1.54, 1.807) is 20.8 Å². The van der Waals surface area contributed by atoms with E-state index in [-0.39, 0.29) is 6.61 Å². The van der Waals surface area contributed by atoms with Crippen LogP contribution in [-0.2, 0) is 30.5 Å². The third-order valence-corrected chi connectivity index (χ3v) is 4.45. The van der Waals surface area contributed by atoms with Gasteiger partial charge in [0.15, 0.2) is 0 Å². The van der Waals surface area contributed by atoms with Crippen molar-refractivity contribution in [3.8, 4) is 0 Å². The fourth-order valence-electron chi connectivity index (χ4n) is 1.70. The van der Waals surface area contributed by atoms with Crippen LogP contribution in [0.15, 0.2) is 29.2 Å². The highest BCUT2D eigenvalue weighted by Crippen LogP contribution is 2.29. The molecule has 0 aliphatic heterocycles. The number of hydrogen-bond acceptors (Lipinski definition) is 5. The first kappa shape index (κ1) is 21.4. The van der Waals surface area contributed by atoms with E-state index in [1.807, 2.05) is 0 Å². The third-order valence-electron chi connectivity index (χ3n) is 2.96. The molecule has 0 saturated heterocycles. The van der Waals surface area contributed by atoms with Gasteiger partial charge in [-0.3, -0.25) is 4.79 Å². The van der Waals surface area contributed by atoms with Crippen molar-refractivity contribution < 1.29 is 35.9 Å². The maximum Gasteiger partial charge on any atom is 0.416 e. The Balaban J connectivity index is 3.00. The molecule has 0 heterocycles. The van der Waals surface area contributed by atoms with Crippen LogP contribution in [0.25, 0.3) is 0 Å². The largest absolute Gasteiger partial charge is 0.468 e. The van der Waals surface area contributed by atoms with Crippen molar-refractivity contribution in [1.29, 1.82) is 0 Å². The molecule has 6 nitrogen and oxygen atoms in total. The average Bonchev–Trinajstić information content (AvgIpc) is 2.49. The van der Waals surface area contributed by atoms with Gasteiger partial charge in [0.05, 0.1) is 29.8 Å². The van der Waals surface area contributed by atoms with Crippen LogP contribution in [0.3, 0.4) is 0 Å². The lowest BCUT2D eigenvalue weighted by atomic mass is 10.2. The van der Waals surface area contributed by atoms with E-state index in [4.69, 9.17) is 4.74 Å². The van der Waals surface area contributed by atoms with Gasteiger partial charge in [0.25, 0.3) is 0 Å². The van der Waals surface area contributed by atoms with Crippen molar-refractivity contribution in [3.05, 3.63) is 29.8 Å². The molecule has 0 radical (unpaired) electrons. The van der Waals surface area contributed by atoms with E-state index in [1.165, 1.54) is 0 Å². The van der Waals surface area contributed by atoms with E-state index in [9.17, 15) is 26.4 Å². The molecule has 0 bridgehead atoms. The number of benzene rings is 1. The van der Waals surface area contributed by atoms with Crippen LogP contribution >= 0.6 is 0 Å². The highest BCUT2D eigenvalue weighted by Gasteiger charge is 2.32. The van der Waals surface area contributed by atoms with Crippen LogP contribution in [0, 0.1) is 0 Å². The minimum absolute atomic E-state index is 0.296. The van der Waals surface area contributed by atoms with Crippen molar-refractivity contribution in [2.75, 3.05) is 13.7 Å². The van der Waals surface area contributed by atoms with Crippen LogP contribution in [-0.4, -0.2) is 39.7 Å². The van der Waals surface area contributed by atoms with Crippen LogP contribution in [0.5, 0.6) is 0 Å². The molecule has 25 heavy (non-hydrogen) atoms. The van der Waals surface area contributed by atoms with Crippen LogP contribution in [0.1, 0.15) is 26.3 Å². The summed E-state index contributed by atoms with van der Waals surface area (Å²) in [6.07, 6.45) is -4.58. The molecule has 1 atom stereocenters. The Hall–Kier alpha value is -1.65. The van der Waals surface area contributed by atoms with Gasteiger partial charge in [-0.15, -0.1) is 0 Å². The molecule has 1 aromatic rings. The van der Waals surface area contributed by atoms with E-state index in [2.05, 4.69) is 9.46 Å². The molecule has 0 aliphatic carbocycles. The quantitative estimate of drug-likeness (QED) is 0.763. The maximum absolute atomic E-state index is 12.5. The Bertz CT molecular complexity index is 693. The summed E-state index contributed by atoms with van der Waals surface area (Å²) in [5.41, 5.74) is -1.61. The number of halogens is 3. The topological polar surface area (TPSA) is 81.7 Å². The fraction of sp³-hybridized carbons (Fsp3) is 0.533. The van der Waals surface area contributed by atoms with Crippen LogP contribution in [0.2, 0.25) is 0 Å². The van der Waals surface area contributed by atoms with Crippen molar-refractivity contribution in [3.63, 3.8) is 0 Å². The Morgan fingerprint density at radius 1 is 1.16 bits per heavy atom. The van der Waals surface area contributed by atoms with Gasteiger partial charge < -0.3 is 9.47 Å². The number of esters is 1. The van der Waals surface area contributed by atoms with E-state index < -0.39 is 44.3 Å². The minimum Gasteiger partial charge on any atom is -0.468 e. The normalized spacial score (nSPS) is 14.2. The number of alkyl halides is 3. The molecular formula is C15H20F3NO5S. The Kier molecular flexibility index (Phi) is 6.60. The molecule has 1 N–H and O–H groups in total. The van der Waals surface area contributed by atoms with Crippen molar-refractivity contribution in [2.45, 2.75) is 43.5 Å². The Labute approximate surface area is 144 Å². The molecule has 0 aromatic heterocycles. The number of sulfonamides is 1. The average molecular weight is 383 g/mol. The zero-order valence-electron chi connectivity index (χ0n) is 14.2. The first-order valence-corrected chi connectivity index (χ1v) is 8.66. The van der Waals surface area contributed by atoms with Crippen LogP contribution in [0.4, 0.5) is 13.2 Å². The molecule has 0 saturated carbocycles. The van der Waals surface area contributed by atoms with Crippen molar-refractivity contribution >= 4 is 16.0 Å². The van der Waals surface area contributed by atoms with Gasteiger partial charge in [-0.2, -0.15) is 17.9 Å². The molecule has 0 fully saturated rings. The van der Waals surface area contributed by atoms with E-state index in [0.29, 0.717) is 12.1 Å². The summed E-state index contributed by atoms with van der Waals surface area (Å²) in [6, 6.07) is 1.58. The first-order chi connectivity index (χ1) is 11.3. The highest BCUT2D eigenvalue weighted by molar-refractivity contribution is 7.89. The number of nitrogens with one attached hydrogen (secondary N) is 1. The predicted octanol–water partition coefficient (Wildman–Crippen LogP) is 2.34. The fourth-order valence-corrected chi connectivity index (χ4v) is 2.87. The molecule has 1 aromatic carbocycles. The highest BCUT2D eigenvalue weighted by atomic mass is 32.2. The molecular weight excluding hydrogens is 363 g/mol. The summed E-state index contributed by atoms with van der Waals surface area (Å²) in [5, 5.41) is 0. The molecule has 0 amide bonds. The second-order valence-electron chi connectivity index (χ2n) is 6.14. The molecule has 10 heteroatoms. The number of ether oxygens (including phenoxy) is 2. The zero-order chi connectivity index (χ0) is 19.5. The van der Waals surface area contributed by atoms with Gasteiger partial charge in [0.2, 0.25) is 10.0 Å². The second kappa shape index (κ2) is 7.71. The molecule has 0 spiro atoms. The summed E-state index contributed by atoms with van der Waals surface area (Å²) in [7, 11) is -3.16. The predicted molar refractivity (Wildman–Crippen MR) is 83.3 cm³/mol. The summed E-state index contributed by atoms with van der Waals surface area (Å²) >= 11 is 0. The monoisotopic (exact) mass is 383 g/mol. The van der Waals surface area contributed by atoms with Gasteiger partial charge in [-0.05, 0) is 45.0 Å². The van der Waals surface area contributed by atoms with Gasteiger partial charge in [-0.1, -0.05) is 0 Å². The lowest BCUT2D eigenvalue weighted by Crippen LogP contribution is -2.46. The molecule has 1 unspecified atom stereocenters. The molecule has 1 rings (SSSR count). The lowest BCUT2D eigenvalue weighted by molar-refractivity contribution is -0.145. The number of hydrogen-bond donors (Lipinski definition) is 1. The lowest BCUT2D eigenvalue weighted by Gasteiger charge is -2.23. The zero-order valence-corrected chi connectivity index (χ0v) is 15.0. The maximum atomic E-state index is 12.5. The summed E-state index contributed by atoms with van der Waals surface area (Å²) < 4.78 is 74.2. The van der Waals surface area contributed by atoms with Gasteiger partial charge >= 0.3 is 12.1 Å². The molecule has 0 aliphatic rings. The van der Waals surface area contributed by atoms with Crippen LogP contribution < -0.4 is 4.72 Å². The smallest absolute Gasteiger partial charge is 0.416 e. The number of methoxy groups -OCH3 is 1.